The van der Waals surface area contributed by atoms with Gasteiger partial charge in [-0.05, 0) is 79.4 Å². The summed E-state index contributed by atoms with van der Waals surface area (Å²) < 4.78 is 26.2. The van der Waals surface area contributed by atoms with Gasteiger partial charge >= 0.3 is 5.69 Å². The smallest absolute Gasteiger partial charge is 0.313 e. The number of ether oxygens (including phenoxy) is 2. The van der Waals surface area contributed by atoms with Crippen LogP contribution in [-0.4, -0.2) is 39.9 Å². The van der Waals surface area contributed by atoms with Crippen molar-refractivity contribution >= 4 is 46.0 Å². The molecule has 0 atom stereocenters. The second kappa shape index (κ2) is 14.4. The molecule has 13 heteroatoms. The minimum Gasteiger partial charge on any atom is -0.494 e. The topological polar surface area (TPSA) is 138 Å². The van der Waals surface area contributed by atoms with Crippen LogP contribution in [0.1, 0.15) is 43.4 Å². The number of aryl methyl sites for hydroxylation is 1. The van der Waals surface area contributed by atoms with Gasteiger partial charge < -0.3 is 14.8 Å². The third kappa shape index (κ3) is 7.34. The first-order valence-corrected chi connectivity index (χ1v) is 15.3. The van der Waals surface area contributed by atoms with Crippen molar-refractivity contribution in [2.45, 2.75) is 33.6 Å². The van der Waals surface area contributed by atoms with Crippen molar-refractivity contribution in [3.05, 3.63) is 121 Å². The van der Waals surface area contributed by atoms with E-state index in [1.807, 2.05) is 39.8 Å². The van der Waals surface area contributed by atoms with Crippen molar-refractivity contribution in [2.24, 2.45) is 5.10 Å². The first-order chi connectivity index (χ1) is 23.0. The molecule has 0 spiro atoms. The SMILES string of the molecule is CCOc1cc(C)c(-c2nc3ccccc3c(=O)n2N=Cc2cc(Cl)cc([N+](=O)[O-])c2OCC(=O)Nc2cccc(F)c2)cc1C(C)C. The second-order valence-corrected chi connectivity index (χ2v) is 11.5. The maximum atomic E-state index is 13.9. The zero-order chi connectivity index (χ0) is 34.5. The Balaban J connectivity index is 1.62. The van der Waals surface area contributed by atoms with Gasteiger partial charge in [-0.3, -0.25) is 19.7 Å². The van der Waals surface area contributed by atoms with E-state index in [9.17, 15) is 24.1 Å². The van der Waals surface area contributed by atoms with Gasteiger partial charge in [0.05, 0.1) is 28.6 Å². The van der Waals surface area contributed by atoms with E-state index in [1.54, 1.807) is 24.3 Å². The molecule has 1 aromatic heterocycles. The number of halogens is 2. The average Bonchev–Trinajstić information content (AvgIpc) is 3.03. The third-order valence-corrected chi connectivity index (χ3v) is 7.52. The molecule has 1 heterocycles. The van der Waals surface area contributed by atoms with Gasteiger partial charge in [0, 0.05) is 27.9 Å². The largest absolute Gasteiger partial charge is 0.494 e. The maximum Gasteiger partial charge on any atom is 0.313 e. The van der Waals surface area contributed by atoms with Crippen molar-refractivity contribution in [1.82, 2.24) is 9.66 Å². The van der Waals surface area contributed by atoms with Gasteiger partial charge in [-0.1, -0.05) is 43.6 Å². The van der Waals surface area contributed by atoms with Gasteiger partial charge in [0.1, 0.15) is 11.6 Å². The highest BCUT2D eigenvalue weighted by molar-refractivity contribution is 6.31. The van der Waals surface area contributed by atoms with E-state index in [-0.39, 0.29) is 33.8 Å². The highest BCUT2D eigenvalue weighted by atomic mass is 35.5. The summed E-state index contributed by atoms with van der Waals surface area (Å²) in [5.74, 6) is -0.534. The quantitative estimate of drug-likeness (QED) is 0.0872. The number of hydrogen-bond acceptors (Lipinski definition) is 8. The number of carbonyl (C=O) groups excluding carboxylic acids is 1. The number of nitro benzene ring substituents is 1. The van der Waals surface area contributed by atoms with E-state index in [1.165, 1.54) is 30.5 Å². The van der Waals surface area contributed by atoms with Gasteiger partial charge in [-0.25, -0.2) is 9.37 Å². The van der Waals surface area contributed by atoms with Crippen LogP contribution in [0, 0.1) is 22.9 Å². The van der Waals surface area contributed by atoms with Crippen LogP contribution >= 0.6 is 11.6 Å². The first kappa shape index (κ1) is 33.7. The molecule has 4 aromatic carbocycles. The molecule has 0 aliphatic heterocycles. The van der Waals surface area contributed by atoms with Crippen LogP contribution in [0.2, 0.25) is 5.02 Å². The maximum absolute atomic E-state index is 13.9. The number of nitrogens with zero attached hydrogens (tertiary/aromatic N) is 4. The van der Waals surface area contributed by atoms with Gasteiger partial charge in [-0.2, -0.15) is 9.78 Å². The Morgan fingerprint density at radius 2 is 1.90 bits per heavy atom. The Morgan fingerprint density at radius 1 is 1.12 bits per heavy atom. The summed E-state index contributed by atoms with van der Waals surface area (Å²) in [7, 11) is 0. The number of aromatic nitrogens is 2. The molecule has 0 unspecified atom stereocenters. The molecule has 1 amide bonds. The summed E-state index contributed by atoms with van der Waals surface area (Å²) in [4.78, 5) is 42.7. The minimum atomic E-state index is -0.713. The number of nitrogens with one attached hydrogen (secondary N) is 1. The van der Waals surface area contributed by atoms with E-state index in [0.717, 1.165) is 33.7 Å². The molecule has 0 bridgehead atoms. The van der Waals surface area contributed by atoms with Gasteiger partial charge in [0.25, 0.3) is 11.5 Å². The summed E-state index contributed by atoms with van der Waals surface area (Å²) in [6.45, 7) is 7.65. The number of rotatable bonds is 11. The molecule has 0 saturated carbocycles. The number of fused-ring (bicyclic) bond motifs is 1. The molecular weight excluding hydrogens is 641 g/mol. The lowest BCUT2D eigenvalue weighted by Gasteiger charge is -2.18. The van der Waals surface area contributed by atoms with Crippen LogP contribution in [0.3, 0.4) is 0 Å². The Kier molecular flexibility index (Phi) is 10.1. The van der Waals surface area contributed by atoms with E-state index < -0.39 is 34.5 Å². The van der Waals surface area contributed by atoms with Crippen LogP contribution in [-0.2, 0) is 4.79 Å². The first-order valence-electron chi connectivity index (χ1n) is 15.0. The fourth-order valence-electron chi connectivity index (χ4n) is 5.09. The van der Waals surface area contributed by atoms with Crippen molar-refractivity contribution in [1.29, 1.82) is 0 Å². The lowest BCUT2D eigenvalue weighted by molar-refractivity contribution is -0.385. The lowest BCUT2D eigenvalue weighted by Crippen LogP contribution is -2.22. The normalized spacial score (nSPS) is 11.3. The van der Waals surface area contributed by atoms with Crippen molar-refractivity contribution in [3.63, 3.8) is 0 Å². The Bertz CT molecular complexity index is 2130. The van der Waals surface area contributed by atoms with Crippen LogP contribution in [0.15, 0.2) is 82.7 Å². The van der Waals surface area contributed by atoms with Gasteiger partial charge in [-0.15, -0.1) is 0 Å². The van der Waals surface area contributed by atoms with Gasteiger partial charge in [0.2, 0.25) is 5.75 Å². The molecule has 0 fully saturated rings. The highest BCUT2D eigenvalue weighted by Gasteiger charge is 2.23. The standard InChI is InChI=1S/C35H31ClFN5O6/c1-5-47-31-13-21(4)28(17-27(31)20(2)3)34-40-29-12-7-6-11-26(29)35(44)41(34)38-18-22-14-23(36)15-30(42(45)46)33(22)48-19-32(43)39-25-10-8-9-24(37)16-25/h6-18,20H,5,19H2,1-4H3,(H,39,43). The molecule has 5 aromatic rings. The monoisotopic (exact) mass is 671 g/mol. The number of amides is 1. The average molecular weight is 672 g/mol. The summed E-state index contributed by atoms with van der Waals surface area (Å²) in [6.07, 6.45) is 1.19. The van der Waals surface area contributed by atoms with E-state index >= 15 is 0 Å². The molecule has 48 heavy (non-hydrogen) atoms. The predicted octanol–water partition coefficient (Wildman–Crippen LogP) is 7.49. The predicted molar refractivity (Wildman–Crippen MR) is 183 cm³/mol. The van der Waals surface area contributed by atoms with E-state index in [4.69, 9.17) is 26.1 Å². The van der Waals surface area contributed by atoms with Gasteiger partial charge in [0.15, 0.2) is 12.4 Å². The minimum absolute atomic E-state index is 0.00662. The molecule has 246 valence electrons. The summed E-state index contributed by atoms with van der Waals surface area (Å²) in [5, 5.41) is 19.2. The number of nitro groups is 1. The van der Waals surface area contributed by atoms with Crippen LogP contribution in [0.5, 0.6) is 11.5 Å². The zero-order valence-electron chi connectivity index (χ0n) is 26.5. The Morgan fingerprint density at radius 3 is 2.60 bits per heavy atom. The molecule has 0 saturated heterocycles. The fraction of sp³-hybridized carbons (Fsp3) is 0.200. The number of para-hydroxylation sites is 1. The van der Waals surface area contributed by atoms with Crippen molar-refractivity contribution in [3.8, 4) is 22.9 Å². The second-order valence-electron chi connectivity index (χ2n) is 11.1. The number of benzene rings is 4. The van der Waals surface area contributed by atoms with Crippen LogP contribution < -0.4 is 20.3 Å². The molecule has 0 aliphatic carbocycles. The van der Waals surface area contributed by atoms with Crippen LogP contribution in [0.4, 0.5) is 15.8 Å². The molecule has 5 rings (SSSR count). The highest BCUT2D eigenvalue weighted by Crippen LogP contribution is 2.36. The number of hydrogen-bond donors (Lipinski definition) is 1. The molecular formula is C35H31ClFN5O6. The molecule has 0 aliphatic rings. The Hall–Kier alpha value is -5.62. The summed E-state index contributed by atoms with van der Waals surface area (Å²) >= 11 is 6.25. The Labute approximate surface area is 279 Å². The number of anilines is 1. The summed E-state index contributed by atoms with van der Waals surface area (Å²) in [5.41, 5.74) is 1.95. The summed E-state index contributed by atoms with van der Waals surface area (Å²) in [6, 6.07) is 18.3. The molecule has 1 N–H and O–H groups in total. The van der Waals surface area contributed by atoms with Crippen molar-refractivity contribution in [2.75, 3.05) is 18.5 Å². The zero-order valence-corrected chi connectivity index (χ0v) is 27.2. The number of carbonyl (C=O) groups is 1. The fourth-order valence-corrected chi connectivity index (χ4v) is 5.31. The van der Waals surface area contributed by atoms with Crippen LogP contribution in [0.25, 0.3) is 22.3 Å². The molecule has 0 radical (unpaired) electrons. The van der Waals surface area contributed by atoms with E-state index in [2.05, 4.69) is 10.4 Å². The third-order valence-electron chi connectivity index (χ3n) is 7.30. The molecule has 11 nitrogen and oxygen atoms in total. The van der Waals surface area contributed by atoms with Crippen molar-refractivity contribution < 1.29 is 23.6 Å². The van der Waals surface area contributed by atoms with E-state index in [0.29, 0.717) is 23.1 Å². The lowest BCUT2D eigenvalue weighted by atomic mass is 9.96.